The third-order valence-corrected chi connectivity index (χ3v) is 2.47. The lowest BCUT2D eigenvalue weighted by Crippen LogP contribution is -2.25. The van der Waals surface area contributed by atoms with Crippen molar-refractivity contribution in [3.8, 4) is 11.5 Å². The summed E-state index contributed by atoms with van der Waals surface area (Å²) in [5, 5.41) is 2.79. The largest absolute Gasteiger partial charge is 0.486 e. The Labute approximate surface area is 99.9 Å². The fraction of sp³-hybridized carbons (Fsp3) is 0.417. The van der Waals surface area contributed by atoms with Gasteiger partial charge in [-0.05, 0) is 17.7 Å². The average Bonchev–Trinajstić information content (AvgIpc) is 2.36. The second-order valence-corrected chi connectivity index (χ2v) is 3.79. The Kier molecular flexibility index (Phi) is 3.82. The van der Waals surface area contributed by atoms with E-state index in [1.54, 1.807) is 0 Å². The van der Waals surface area contributed by atoms with Crippen LogP contribution in [0.4, 0.5) is 0 Å². The van der Waals surface area contributed by atoms with Gasteiger partial charge in [-0.25, -0.2) is 0 Å². The predicted molar refractivity (Wildman–Crippen MR) is 63.0 cm³/mol. The van der Waals surface area contributed by atoms with Gasteiger partial charge in [0.05, 0.1) is 0 Å². The summed E-state index contributed by atoms with van der Waals surface area (Å²) < 4.78 is 10.9. The standard InChI is InChI=1S/C12H16N2O3/c13-4-3-12(15)14-8-9-1-2-10-11(7-9)17-6-5-16-10/h1-2,7H,3-6,8,13H2,(H,14,15). The highest BCUT2D eigenvalue weighted by Crippen LogP contribution is 2.30. The van der Waals surface area contributed by atoms with Crippen molar-refractivity contribution in [3.05, 3.63) is 23.8 Å². The normalized spacial score (nSPS) is 13.2. The maximum atomic E-state index is 11.3. The van der Waals surface area contributed by atoms with Crippen LogP contribution >= 0.6 is 0 Å². The van der Waals surface area contributed by atoms with Crippen molar-refractivity contribution in [2.45, 2.75) is 13.0 Å². The summed E-state index contributed by atoms with van der Waals surface area (Å²) in [6.07, 6.45) is 0.352. The Hall–Kier alpha value is -1.75. The van der Waals surface area contributed by atoms with Crippen LogP contribution in [0.25, 0.3) is 0 Å². The zero-order valence-electron chi connectivity index (χ0n) is 9.57. The second-order valence-electron chi connectivity index (χ2n) is 3.79. The highest BCUT2D eigenvalue weighted by atomic mass is 16.6. The summed E-state index contributed by atoms with van der Waals surface area (Å²) in [5.74, 6) is 1.46. The fourth-order valence-corrected chi connectivity index (χ4v) is 1.62. The van der Waals surface area contributed by atoms with Gasteiger partial charge in [-0.2, -0.15) is 0 Å². The van der Waals surface area contributed by atoms with Crippen LogP contribution in [0.1, 0.15) is 12.0 Å². The van der Waals surface area contributed by atoms with E-state index in [1.807, 2.05) is 18.2 Å². The Morgan fingerprint density at radius 3 is 2.82 bits per heavy atom. The zero-order valence-corrected chi connectivity index (χ0v) is 9.57. The molecule has 0 radical (unpaired) electrons. The molecule has 0 spiro atoms. The molecule has 92 valence electrons. The van der Waals surface area contributed by atoms with Gasteiger partial charge in [0, 0.05) is 19.5 Å². The van der Waals surface area contributed by atoms with Crippen LogP contribution < -0.4 is 20.5 Å². The minimum absolute atomic E-state index is 0.0395. The number of carbonyl (C=O) groups excluding carboxylic acids is 1. The van der Waals surface area contributed by atoms with Crippen molar-refractivity contribution in [2.24, 2.45) is 5.73 Å². The Balaban J connectivity index is 1.95. The van der Waals surface area contributed by atoms with Gasteiger partial charge in [-0.3, -0.25) is 4.79 Å². The number of fused-ring (bicyclic) bond motifs is 1. The molecule has 0 unspecified atom stereocenters. The molecule has 0 saturated carbocycles. The van der Waals surface area contributed by atoms with Gasteiger partial charge in [-0.15, -0.1) is 0 Å². The smallest absolute Gasteiger partial charge is 0.221 e. The third-order valence-electron chi connectivity index (χ3n) is 2.47. The minimum atomic E-state index is -0.0395. The van der Waals surface area contributed by atoms with Crippen molar-refractivity contribution in [3.63, 3.8) is 0 Å². The molecule has 5 heteroatoms. The first-order chi connectivity index (χ1) is 8.29. The van der Waals surface area contributed by atoms with Crippen LogP contribution in [0.15, 0.2) is 18.2 Å². The molecule has 0 atom stereocenters. The molecule has 5 nitrogen and oxygen atoms in total. The molecule has 1 heterocycles. The van der Waals surface area contributed by atoms with E-state index in [0.29, 0.717) is 32.7 Å². The second kappa shape index (κ2) is 5.54. The van der Waals surface area contributed by atoms with Crippen molar-refractivity contribution in [2.75, 3.05) is 19.8 Å². The number of amides is 1. The highest BCUT2D eigenvalue weighted by Gasteiger charge is 2.11. The van der Waals surface area contributed by atoms with E-state index in [2.05, 4.69) is 5.32 Å². The average molecular weight is 236 g/mol. The van der Waals surface area contributed by atoms with Crippen molar-refractivity contribution in [1.82, 2.24) is 5.32 Å². The first-order valence-corrected chi connectivity index (χ1v) is 5.65. The van der Waals surface area contributed by atoms with Crippen LogP contribution in [0.5, 0.6) is 11.5 Å². The number of ether oxygens (including phenoxy) is 2. The molecule has 1 aromatic carbocycles. The predicted octanol–water partition coefficient (Wildman–Crippen LogP) is 0.423. The van der Waals surface area contributed by atoms with E-state index in [-0.39, 0.29) is 5.91 Å². The summed E-state index contributed by atoms with van der Waals surface area (Å²) >= 11 is 0. The van der Waals surface area contributed by atoms with Crippen molar-refractivity contribution in [1.29, 1.82) is 0 Å². The maximum absolute atomic E-state index is 11.3. The summed E-state index contributed by atoms with van der Waals surface area (Å²) in [6.45, 7) is 2.00. The number of benzene rings is 1. The molecule has 1 amide bonds. The lowest BCUT2D eigenvalue weighted by atomic mass is 10.2. The van der Waals surface area contributed by atoms with Crippen molar-refractivity contribution >= 4 is 5.91 Å². The number of carbonyl (C=O) groups is 1. The van der Waals surface area contributed by atoms with Crippen LogP contribution in [-0.2, 0) is 11.3 Å². The minimum Gasteiger partial charge on any atom is -0.486 e. The molecule has 17 heavy (non-hydrogen) atoms. The summed E-state index contributed by atoms with van der Waals surface area (Å²) in [6, 6.07) is 5.66. The van der Waals surface area contributed by atoms with E-state index < -0.39 is 0 Å². The van der Waals surface area contributed by atoms with E-state index in [9.17, 15) is 4.79 Å². The van der Waals surface area contributed by atoms with Crippen LogP contribution in [0.3, 0.4) is 0 Å². The van der Waals surface area contributed by atoms with Crippen LogP contribution in [0.2, 0.25) is 0 Å². The lowest BCUT2D eigenvalue weighted by molar-refractivity contribution is -0.121. The molecule has 3 N–H and O–H groups in total. The SMILES string of the molecule is NCCC(=O)NCc1ccc2c(c1)OCCO2. The molecule has 0 aliphatic carbocycles. The zero-order chi connectivity index (χ0) is 12.1. The Bertz CT molecular complexity index is 407. The Morgan fingerprint density at radius 2 is 2.06 bits per heavy atom. The molecule has 0 bridgehead atoms. The van der Waals surface area contributed by atoms with Crippen LogP contribution in [-0.4, -0.2) is 25.7 Å². The van der Waals surface area contributed by atoms with E-state index >= 15 is 0 Å². The molecule has 1 aliphatic heterocycles. The van der Waals surface area contributed by atoms with Gasteiger partial charge < -0.3 is 20.5 Å². The van der Waals surface area contributed by atoms with E-state index in [1.165, 1.54) is 0 Å². The van der Waals surface area contributed by atoms with Gasteiger partial charge in [0.1, 0.15) is 13.2 Å². The first kappa shape index (κ1) is 11.7. The number of hydrogen-bond acceptors (Lipinski definition) is 4. The summed E-state index contributed by atoms with van der Waals surface area (Å²) in [5.41, 5.74) is 6.28. The molecule has 0 saturated heterocycles. The summed E-state index contributed by atoms with van der Waals surface area (Å²) in [4.78, 5) is 11.3. The quantitative estimate of drug-likeness (QED) is 0.794. The number of rotatable bonds is 4. The number of hydrogen-bond donors (Lipinski definition) is 2. The van der Waals surface area contributed by atoms with Crippen molar-refractivity contribution < 1.29 is 14.3 Å². The Morgan fingerprint density at radius 1 is 1.29 bits per heavy atom. The molecule has 0 fully saturated rings. The molecule has 0 aromatic heterocycles. The van der Waals surface area contributed by atoms with Gasteiger partial charge in [-0.1, -0.05) is 6.07 Å². The van der Waals surface area contributed by atoms with E-state index in [4.69, 9.17) is 15.2 Å². The van der Waals surface area contributed by atoms with Gasteiger partial charge in [0.25, 0.3) is 0 Å². The first-order valence-electron chi connectivity index (χ1n) is 5.65. The van der Waals surface area contributed by atoms with Gasteiger partial charge >= 0.3 is 0 Å². The monoisotopic (exact) mass is 236 g/mol. The number of nitrogens with two attached hydrogens (primary N) is 1. The van der Waals surface area contributed by atoms with E-state index in [0.717, 1.165) is 17.1 Å². The lowest BCUT2D eigenvalue weighted by Gasteiger charge is -2.18. The molecule has 2 rings (SSSR count). The van der Waals surface area contributed by atoms with Crippen LogP contribution in [0, 0.1) is 0 Å². The topological polar surface area (TPSA) is 73.6 Å². The molecular formula is C12H16N2O3. The fourth-order valence-electron chi connectivity index (χ4n) is 1.62. The summed E-state index contributed by atoms with van der Waals surface area (Å²) in [7, 11) is 0. The third kappa shape index (κ3) is 3.10. The molecular weight excluding hydrogens is 220 g/mol. The van der Waals surface area contributed by atoms with Gasteiger partial charge in [0.2, 0.25) is 5.91 Å². The molecule has 1 aromatic rings. The maximum Gasteiger partial charge on any atom is 0.221 e. The molecule has 1 aliphatic rings. The highest BCUT2D eigenvalue weighted by molar-refractivity contribution is 5.76. The number of nitrogens with one attached hydrogen (secondary N) is 1. The van der Waals surface area contributed by atoms with Gasteiger partial charge in [0.15, 0.2) is 11.5 Å².